The molecule has 0 bridgehead atoms. The predicted molar refractivity (Wildman–Crippen MR) is 86.9 cm³/mol. The Morgan fingerprint density at radius 1 is 1.43 bits per heavy atom. The van der Waals surface area contributed by atoms with Crippen molar-refractivity contribution in [2.75, 3.05) is 33.4 Å². The molecule has 0 unspecified atom stereocenters. The van der Waals surface area contributed by atoms with Crippen LogP contribution in [0.2, 0.25) is 0 Å². The maximum absolute atomic E-state index is 12.3. The summed E-state index contributed by atoms with van der Waals surface area (Å²) < 4.78 is 31.6. The van der Waals surface area contributed by atoms with Crippen LogP contribution < -0.4 is 15.4 Å². The first-order valence-electron chi connectivity index (χ1n) is 7.63. The van der Waals surface area contributed by atoms with Gasteiger partial charge in [-0.3, -0.25) is 4.79 Å². The Balaban J connectivity index is 2.04. The first-order chi connectivity index (χ1) is 11.0. The molecular formula is C15H23N3O4S. The Hall–Kier alpha value is -1.48. The number of benzene rings is 1. The SMILES string of the molecule is COCCNS(=O)(=O)c1cccc(C(=O)N[C@H]2CCCNC2)c1. The summed E-state index contributed by atoms with van der Waals surface area (Å²) in [5.74, 6) is -0.257. The highest BCUT2D eigenvalue weighted by molar-refractivity contribution is 7.89. The average Bonchev–Trinajstić information content (AvgIpc) is 2.56. The van der Waals surface area contributed by atoms with Gasteiger partial charge in [-0.25, -0.2) is 13.1 Å². The smallest absolute Gasteiger partial charge is 0.251 e. The van der Waals surface area contributed by atoms with Crippen molar-refractivity contribution in [3.05, 3.63) is 29.8 Å². The number of carbonyl (C=O) groups is 1. The van der Waals surface area contributed by atoms with Crippen LogP contribution in [-0.4, -0.2) is 53.7 Å². The Kier molecular flexibility index (Phi) is 6.52. The molecule has 1 aromatic carbocycles. The molecule has 23 heavy (non-hydrogen) atoms. The zero-order valence-electron chi connectivity index (χ0n) is 13.2. The second kappa shape index (κ2) is 8.39. The second-order valence-electron chi connectivity index (χ2n) is 5.44. The molecule has 2 rings (SSSR count). The van der Waals surface area contributed by atoms with Gasteiger partial charge in [0.05, 0.1) is 11.5 Å². The van der Waals surface area contributed by atoms with E-state index in [2.05, 4.69) is 15.4 Å². The van der Waals surface area contributed by atoms with E-state index in [0.717, 1.165) is 25.9 Å². The maximum atomic E-state index is 12.3. The largest absolute Gasteiger partial charge is 0.383 e. The lowest BCUT2D eigenvalue weighted by Gasteiger charge is -2.23. The summed E-state index contributed by atoms with van der Waals surface area (Å²) in [4.78, 5) is 12.4. The van der Waals surface area contributed by atoms with E-state index in [9.17, 15) is 13.2 Å². The zero-order valence-corrected chi connectivity index (χ0v) is 14.0. The molecule has 1 fully saturated rings. The Morgan fingerprint density at radius 3 is 2.96 bits per heavy atom. The van der Waals surface area contributed by atoms with Crippen molar-refractivity contribution in [1.29, 1.82) is 0 Å². The third-order valence-electron chi connectivity index (χ3n) is 3.64. The van der Waals surface area contributed by atoms with Crippen molar-refractivity contribution < 1.29 is 17.9 Å². The van der Waals surface area contributed by atoms with Gasteiger partial charge in [-0.2, -0.15) is 0 Å². The highest BCUT2D eigenvalue weighted by Gasteiger charge is 2.19. The summed E-state index contributed by atoms with van der Waals surface area (Å²) in [7, 11) is -2.14. The fourth-order valence-corrected chi connectivity index (χ4v) is 3.47. The number of hydrogen-bond donors (Lipinski definition) is 3. The van der Waals surface area contributed by atoms with Gasteiger partial charge < -0.3 is 15.4 Å². The van der Waals surface area contributed by atoms with E-state index in [1.54, 1.807) is 12.1 Å². The zero-order chi connectivity index (χ0) is 16.7. The molecule has 1 amide bonds. The van der Waals surface area contributed by atoms with Gasteiger partial charge in [-0.15, -0.1) is 0 Å². The molecule has 1 saturated heterocycles. The third-order valence-corrected chi connectivity index (χ3v) is 5.10. The van der Waals surface area contributed by atoms with Crippen molar-refractivity contribution in [2.24, 2.45) is 0 Å². The molecule has 1 aromatic rings. The van der Waals surface area contributed by atoms with E-state index < -0.39 is 10.0 Å². The molecule has 1 atom stereocenters. The van der Waals surface area contributed by atoms with Crippen LogP contribution >= 0.6 is 0 Å². The lowest BCUT2D eigenvalue weighted by atomic mass is 10.1. The minimum atomic E-state index is -3.64. The van der Waals surface area contributed by atoms with Gasteiger partial charge in [0.2, 0.25) is 10.0 Å². The van der Waals surface area contributed by atoms with Gasteiger partial charge in [0.25, 0.3) is 5.91 Å². The highest BCUT2D eigenvalue weighted by atomic mass is 32.2. The number of amides is 1. The van der Waals surface area contributed by atoms with Crippen LogP contribution in [0, 0.1) is 0 Å². The third kappa shape index (κ3) is 5.28. The summed E-state index contributed by atoms with van der Waals surface area (Å²) in [6, 6.07) is 6.12. The van der Waals surface area contributed by atoms with E-state index in [0.29, 0.717) is 5.56 Å². The highest BCUT2D eigenvalue weighted by Crippen LogP contribution is 2.12. The van der Waals surface area contributed by atoms with Crippen LogP contribution in [0.5, 0.6) is 0 Å². The second-order valence-corrected chi connectivity index (χ2v) is 7.20. The normalized spacial score (nSPS) is 18.6. The van der Waals surface area contributed by atoms with Crippen LogP contribution in [0.15, 0.2) is 29.2 Å². The molecule has 0 radical (unpaired) electrons. The molecule has 7 nitrogen and oxygen atoms in total. The number of nitrogens with one attached hydrogen (secondary N) is 3. The minimum absolute atomic E-state index is 0.0722. The topological polar surface area (TPSA) is 96.5 Å². The molecule has 128 valence electrons. The number of sulfonamides is 1. The Bertz CT molecular complexity index is 627. The van der Waals surface area contributed by atoms with Gasteiger partial charge >= 0.3 is 0 Å². The van der Waals surface area contributed by atoms with Gasteiger partial charge in [-0.05, 0) is 37.6 Å². The quantitative estimate of drug-likeness (QED) is 0.611. The van der Waals surface area contributed by atoms with Crippen molar-refractivity contribution in [2.45, 2.75) is 23.8 Å². The summed E-state index contributed by atoms with van der Waals surface area (Å²) in [5, 5.41) is 6.15. The molecule has 0 saturated carbocycles. The van der Waals surface area contributed by atoms with E-state index in [1.807, 2.05) is 0 Å². The average molecular weight is 341 g/mol. The lowest BCUT2D eigenvalue weighted by Crippen LogP contribution is -2.45. The number of rotatable bonds is 7. The van der Waals surface area contributed by atoms with Crippen molar-refractivity contribution >= 4 is 15.9 Å². The number of hydrogen-bond acceptors (Lipinski definition) is 5. The molecular weight excluding hydrogens is 318 g/mol. The van der Waals surface area contributed by atoms with Gasteiger partial charge in [0.1, 0.15) is 0 Å². The molecule has 3 N–H and O–H groups in total. The van der Waals surface area contributed by atoms with Gasteiger partial charge in [0, 0.05) is 31.8 Å². The first-order valence-corrected chi connectivity index (χ1v) is 9.11. The molecule has 0 aliphatic carbocycles. The minimum Gasteiger partial charge on any atom is -0.383 e. The number of ether oxygens (including phenoxy) is 1. The van der Waals surface area contributed by atoms with E-state index in [1.165, 1.54) is 19.2 Å². The first kappa shape index (κ1) is 17.9. The number of methoxy groups -OCH3 is 1. The summed E-state index contributed by atoms with van der Waals surface area (Å²) in [6.45, 7) is 2.17. The Labute approximate surface area is 136 Å². The molecule has 0 spiro atoms. The van der Waals surface area contributed by atoms with Crippen LogP contribution in [0.1, 0.15) is 23.2 Å². The predicted octanol–water partition coefficient (Wildman–Crippen LogP) is 0.0931. The van der Waals surface area contributed by atoms with E-state index in [-0.39, 0.29) is 30.0 Å². The maximum Gasteiger partial charge on any atom is 0.251 e. The number of piperidine rings is 1. The summed E-state index contributed by atoms with van der Waals surface area (Å²) >= 11 is 0. The fourth-order valence-electron chi connectivity index (χ4n) is 2.41. The summed E-state index contributed by atoms with van der Waals surface area (Å²) in [5.41, 5.74) is 0.338. The molecule has 1 heterocycles. The summed E-state index contributed by atoms with van der Waals surface area (Å²) in [6.07, 6.45) is 1.94. The van der Waals surface area contributed by atoms with Crippen LogP contribution in [0.4, 0.5) is 0 Å². The molecule has 0 aromatic heterocycles. The van der Waals surface area contributed by atoms with E-state index >= 15 is 0 Å². The van der Waals surface area contributed by atoms with Crippen molar-refractivity contribution in [1.82, 2.24) is 15.4 Å². The van der Waals surface area contributed by atoms with Crippen molar-refractivity contribution in [3.63, 3.8) is 0 Å². The standard InChI is InChI=1S/C15H23N3O4S/c1-22-9-8-17-23(20,21)14-6-2-4-12(10-14)15(19)18-13-5-3-7-16-11-13/h2,4,6,10,13,16-17H,3,5,7-9,11H2,1H3,(H,18,19)/t13-/m0/s1. The van der Waals surface area contributed by atoms with Crippen LogP contribution in [0.3, 0.4) is 0 Å². The van der Waals surface area contributed by atoms with Crippen molar-refractivity contribution in [3.8, 4) is 0 Å². The van der Waals surface area contributed by atoms with E-state index in [4.69, 9.17) is 4.74 Å². The van der Waals surface area contributed by atoms with Crippen LogP contribution in [0.25, 0.3) is 0 Å². The van der Waals surface area contributed by atoms with Gasteiger partial charge in [-0.1, -0.05) is 6.07 Å². The van der Waals surface area contributed by atoms with Crippen LogP contribution in [-0.2, 0) is 14.8 Å². The number of carbonyl (C=O) groups excluding carboxylic acids is 1. The van der Waals surface area contributed by atoms with Gasteiger partial charge in [0.15, 0.2) is 0 Å². The lowest BCUT2D eigenvalue weighted by molar-refractivity contribution is 0.0930. The monoisotopic (exact) mass is 341 g/mol. The molecule has 8 heteroatoms. The Morgan fingerprint density at radius 2 is 2.26 bits per heavy atom. The molecule has 1 aliphatic rings. The fraction of sp³-hybridized carbons (Fsp3) is 0.533. The molecule has 1 aliphatic heterocycles.